The highest BCUT2D eigenvalue weighted by atomic mass is 19.1. The van der Waals surface area contributed by atoms with E-state index in [2.05, 4.69) is 9.97 Å². The molecule has 5 heteroatoms. The van der Waals surface area contributed by atoms with Gasteiger partial charge in [-0.25, -0.2) is 14.4 Å². The predicted octanol–water partition coefficient (Wildman–Crippen LogP) is 3.38. The van der Waals surface area contributed by atoms with Gasteiger partial charge in [0.2, 0.25) is 5.95 Å². The molecule has 0 amide bonds. The third-order valence-electron chi connectivity index (χ3n) is 3.76. The maximum atomic E-state index is 13.6. The molecule has 0 N–H and O–H groups in total. The molecular weight excluding hydrogens is 281 g/mol. The van der Waals surface area contributed by atoms with Gasteiger partial charge in [-0.05, 0) is 24.8 Å². The fourth-order valence-electron chi connectivity index (χ4n) is 2.56. The van der Waals surface area contributed by atoms with E-state index >= 15 is 0 Å². The minimum absolute atomic E-state index is 0.379. The van der Waals surface area contributed by atoms with Crippen LogP contribution in [0.4, 0.5) is 10.3 Å². The van der Waals surface area contributed by atoms with Crippen molar-refractivity contribution in [2.75, 3.05) is 18.0 Å². The van der Waals surface area contributed by atoms with Crippen LogP contribution in [-0.4, -0.2) is 29.2 Å². The van der Waals surface area contributed by atoms with Crippen molar-refractivity contribution in [1.82, 2.24) is 9.97 Å². The number of hydrogen-bond acceptors (Lipinski definition) is 4. The molecule has 4 nitrogen and oxygen atoms in total. The third kappa shape index (κ3) is 3.93. The van der Waals surface area contributed by atoms with Crippen LogP contribution in [0.3, 0.4) is 0 Å². The number of ether oxygens (including phenoxy) is 1. The van der Waals surface area contributed by atoms with Gasteiger partial charge in [0.1, 0.15) is 12.8 Å². The van der Waals surface area contributed by atoms with E-state index in [1.54, 1.807) is 12.4 Å². The van der Waals surface area contributed by atoms with Crippen LogP contribution in [0.2, 0.25) is 0 Å². The van der Waals surface area contributed by atoms with Crippen molar-refractivity contribution >= 4 is 5.95 Å². The van der Waals surface area contributed by atoms with E-state index in [0.717, 1.165) is 24.9 Å². The Morgan fingerprint density at radius 3 is 2.68 bits per heavy atom. The van der Waals surface area contributed by atoms with Crippen molar-refractivity contribution in [2.45, 2.75) is 32.0 Å². The van der Waals surface area contributed by atoms with Gasteiger partial charge in [-0.3, -0.25) is 0 Å². The minimum atomic E-state index is -0.792. The van der Waals surface area contributed by atoms with Gasteiger partial charge in [-0.1, -0.05) is 30.3 Å². The molecular formula is C17H20FN3O. The van der Waals surface area contributed by atoms with Crippen LogP contribution in [0.1, 0.15) is 24.8 Å². The van der Waals surface area contributed by atoms with Crippen molar-refractivity contribution in [1.29, 1.82) is 0 Å². The van der Waals surface area contributed by atoms with Crippen molar-refractivity contribution in [3.8, 4) is 5.75 Å². The van der Waals surface area contributed by atoms with Crippen LogP contribution in [0.5, 0.6) is 5.75 Å². The zero-order chi connectivity index (χ0) is 15.2. The highest BCUT2D eigenvalue weighted by Gasteiger charge is 2.19. The fourth-order valence-corrected chi connectivity index (χ4v) is 2.56. The maximum Gasteiger partial charge on any atom is 0.225 e. The topological polar surface area (TPSA) is 38.2 Å². The molecule has 1 fully saturated rings. The first-order valence-corrected chi connectivity index (χ1v) is 7.69. The lowest BCUT2D eigenvalue weighted by Crippen LogP contribution is -2.30. The zero-order valence-electron chi connectivity index (χ0n) is 12.5. The van der Waals surface area contributed by atoms with Gasteiger partial charge in [0.05, 0.1) is 18.9 Å². The van der Waals surface area contributed by atoms with Crippen LogP contribution < -0.4 is 9.64 Å². The van der Waals surface area contributed by atoms with E-state index in [9.17, 15) is 4.39 Å². The molecule has 0 radical (unpaired) electrons. The smallest absolute Gasteiger partial charge is 0.225 e. The largest absolute Gasteiger partial charge is 0.486 e. The molecule has 0 saturated carbocycles. The quantitative estimate of drug-likeness (QED) is 0.867. The van der Waals surface area contributed by atoms with E-state index in [-0.39, 0.29) is 0 Å². The molecule has 1 saturated heterocycles. The molecule has 116 valence electrons. The number of alkyl halides is 1. The fraction of sp³-hybridized carbons (Fsp3) is 0.412. The Labute approximate surface area is 130 Å². The van der Waals surface area contributed by atoms with Gasteiger partial charge in [0, 0.05) is 6.54 Å². The Bertz CT molecular complexity index is 576. The summed E-state index contributed by atoms with van der Waals surface area (Å²) in [4.78, 5) is 10.5. The van der Waals surface area contributed by atoms with E-state index in [0.29, 0.717) is 31.3 Å². The van der Waals surface area contributed by atoms with Crippen molar-refractivity contribution in [2.24, 2.45) is 0 Å². The van der Waals surface area contributed by atoms with Crippen LogP contribution >= 0.6 is 0 Å². The van der Waals surface area contributed by atoms with Gasteiger partial charge >= 0.3 is 0 Å². The van der Waals surface area contributed by atoms with Crippen LogP contribution in [0.15, 0.2) is 42.7 Å². The van der Waals surface area contributed by atoms with Gasteiger partial charge in [-0.15, -0.1) is 0 Å². The molecule has 1 aliphatic rings. The van der Waals surface area contributed by atoms with Crippen molar-refractivity contribution in [3.05, 3.63) is 48.3 Å². The molecule has 1 unspecified atom stereocenters. The molecule has 1 aromatic carbocycles. The molecule has 1 aromatic heterocycles. The second kappa shape index (κ2) is 7.20. The summed E-state index contributed by atoms with van der Waals surface area (Å²) in [5, 5.41) is 0. The predicted molar refractivity (Wildman–Crippen MR) is 83.8 cm³/mol. The molecule has 3 rings (SSSR count). The highest BCUT2D eigenvalue weighted by Crippen LogP contribution is 2.19. The summed E-state index contributed by atoms with van der Waals surface area (Å²) in [6, 6.07) is 9.94. The van der Waals surface area contributed by atoms with E-state index < -0.39 is 6.17 Å². The van der Waals surface area contributed by atoms with Crippen LogP contribution in [0, 0.1) is 0 Å². The Hall–Kier alpha value is -2.17. The van der Waals surface area contributed by atoms with Gasteiger partial charge in [0.25, 0.3) is 0 Å². The lowest BCUT2D eigenvalue weighted by atomic mass is 10.2. The number of aromatic nitrogens is 2. The first-order chi connectivity index (χ1) is 10.8. The summed E-state index contributed by atoms with van der Waals surface area (Å²) in [5.41, 5.74) is 1.10. The maximum absolute atomic E-state index is 13.6. The lowest BCUT2D eigenvalue weighted by molar-refractivity contribution is 0.303. The normalized spacial score (nSPS) is 18.8. The minimum Gasteiger partial charge on any atom is -0.486 e. The number of rotatable bonds is 4. The Morgan fingerprint density at radius 1 is 1.14 bits per heavy atom. The molecule has 0 spiro atoms. The van der Waals surface area contributed by atoms with Crippen molar-refractivity contribution in [3.63, 3.8) is 0 Å². The molecule has 2 aromatic rings. The SMILES string of the molecule is FC1CCCCN(c2ncc(OCc3ccccc3)cn2)C1. The molecule has 1 atom stereocenters. The number of hydrogen-bond donors (Lipinski definition) is 0. The van der Waals surface area contributed by atoms with Gasteiger partial charge < -0.3 is 9.64 Å². The summed E-state index contributed by atoms with van der Waals surface area (Å²) in [7, 11) is 0. The second-order valence-electron chi connectivity index (χ2n) is 5.53. The second-order valence-corrected chi connectivity index (χ2v) is 5.53. The van der Waals surface area contributed by atoms with Gasteiger partial charge in [0.15, 0.2) is 5.75 Å². The van der Waals surface area contributed by atoms with E-state index in [4.69, 9.17) is 4.74 Å². The highest BCUT2D eigenvalue weighted by molar-refractivity contribution is 5.32. The van der Waals surface area contributed by atoms with E-state index in [1.165, 1.54) is 0 Å². The number of halogens is 1. The monoisotopic (exact) mass is 301 g/mol. The van der Waals surface area contributed by atoms with Gasteiger partial charge in [-0.2, -0.15) is 0 Å². The zero-order valence-corrected chi connectivity index (χ0v) is 12.5. The third-order valence-corrected chi connectivity index (χ3v) is 3.76. The Balaban J connectivity index is 1.60. The summed E-state index contributed by atoms with van der Waals surface area (Å²) in [6.45, 7) is 1.68. The average molecular weight is 301 g/mol. The molecule has 0 aliphatic carbocycles. The number of benzene rings is 1. The first kappa shape index (κ1) is 14.8. The standard InChI is InChI=1S/C17H20FN3O/c18-15-8-4-5-9-21(12-15)17-19-10-16(11-20-17)22-13-14-6-2-1-3-7-14/h1-3,6-7,10-11,15H,4-5,8-9,12-13H2. The summed E-state index contributed by atoms with van der Waals surface area (Å²) < 4.78 is 19.3. The molecule has 0 bridgehead atoms. The molecule has 2 heterocycles. The Morgan fingerprint density at radius 2 is 1.91 bits per heavy atom. The summed E-state index contributed by atoms with van der Waals surface area (Å²) >= 11 is 0. The summed E-state index contributed by atoms with van der Waals surface area (Å²) in [5.74, 6) is 1.20. The molecule has 22 heavy (non-hydrogen) atoms. The molecule has 1 aliphatic heterocycles. The first-order valence-electron chi connectivity index (χ1n) is 7.69. The van der Waals surface area contributed by atoms with Crippen molar-refractivity contribution < 1.29 is 9.13 Å². The van der Waals surface area contributed by atoms with E-state index in [1.807, 2.05) is 35.2 Å². The average Bonchev–Trinajstić information content (AvgIpc) is 2.79. The summed E-state index contributed by atoms with van der Waals surface area (Å²) in [6.07, 6.45) is 5.06. The van der Waals surface area contributed by atoms with Crippen LogP contribution in [-0.2, 0) is 6.61 Å². The van der Waals surface area contributed by atoms with Crippen LogP contribution in [0.25, 0.3) is 0 Å². The number of anilines is 1. The number of nitrogens with zero attached hydrogens (tertiary/aromatic N) is 3. The Kier molecular flexibility index (Phi) is 4.83. The lowest BCUT2D eigenvalue weighted by Gasteiger charge is -2.21.